The molecule has 2 aromatic carbocycles. The highest BCUT2D eigenvalue weighted by atomic mass is 16.2. The van der Waals surface area contributed by atoms with E-state index in [4.69, 9.17) is 0 Å². The van der Waals surface area contributed by atoms with Crippen LogP contribution in [0.2, 0.25) is 0 Å². The fourth-order valence-corrected chi connectivity index (χ4v) is 3.23. The lowest BCUT2D eigenvalue weighted by atomic mass is 10.1. The van der Waals surface area contributed by atoms with Crippen LogP contribution >= 0.6 is 0 Å². The fraction of sp³-hybridized carbons (Fsp3) is 0.364. The fourth-order valence-electron chi connectivity index (χ4n) is 3.23. The van der Waals surface area contributed by atoms with Crippen molar-refractivity contribution in [3.63, 3.8) is 0 Å². The molecule has 2 N–H and O–H groups in total. The van der Waals surface area contributed by atoms with Gasteiger partial charge in [-0.25, -0.2) is 0 Å². The van der Waals surface area contributed by atoms with Gasteiger partial charge in [-0.05, 0) is 43.4 Å². The van der Waals surface area contributed by atoms with Gasteiger partial charge in [-0.2, -0.15) is 0 Å². The molecule has 2 aliphatic carbocycles. The summed E-state index contributed by atoms with van der Waals surface area (Å²) < 4.78 is 0. The van der Waals surface area contributed by atoms with Crippen molar-refractivity contribution >= 4 is 17.5 Å². The van der Waals surface area contributed by atoms with Crippen LogP contribution in [0, 0.1) is 0 Å². The minimum Gasteiger partial charge on any atom is -0.349 e. The molecule has 0 saturated heterocycles. The van der Waals surface area contributed by atoms with Gasteiger partial charge in [-0.3, -0.25) is 14.5 Å². The standard InChI is InChI=1S/C22H25N3O2/c26-21(15-25(18-12-13-18)14-16-6-2-1-3-7-16)24-20-9-5-4-8-19(20)22(27)23-17-10-11-17/h1-9,17-18H,10-15H2,(H,23,27)(H,24,26). The zero-order valence-electron chi connectivity index (χ0n) is 15.4. The number of carbonyl (C=O) groups is 2. The van der Waals surface area contributed by atoms with E-state index < -0.39 is 0 Å². The van der Waals surface area contributed by atoms with Gasteiger partial charge in [0.05, 0.1) is 17.8 Å². The third-order valence-electron chi connectivity index (χ3n) is 5.00. The van der Waals surface area contributed by atoms with Crippen LogP contribution in [0.15, 0.2) is 54.6 Å². The lowest BCUT2D eigenvalue weighted by Gasteiger charge is -2.22. The van der Waals surface area contributed by atoms with Crippen LogP contribution in [0.4, 0.5) is 5.69 Å². The van der Waals surface area contributed by atoms with Crippen LogP contribution in [-0.4, -0.2) is 35.3 Å². The Morgan fingerprint density at radius 2 is 1.63 bits per heavy atom. The minimum atomic E-state index is -0.114. The van der Waals surface area contributed by atoms with Gasteiger partial charge >= 0.3 is 0 Å². The molecule has 2 aliphatic rings. The maximum Gasteiger partial charge on any atom is 0.253 e. The summed E-state index contributed by atoms with van der Waals surface area (Å²) in [5, 5.41) is 5.93. The van der Waals surface area contributed by atoms with Gasteiger partial charge in [0, 0.05) is 18.6 Å². The molecule has 0 atom stereocenters. The van der Waals surface area contributed by atoms with E-state index in [1.807, 2.05) is 30.3 Å². The summed E-state index contributed by atoms with van der Waals surface area (Å²) in [4.78, 5) is 27.3. The first-order chi connectivity index (χ1) is 13.2. The van der Waals surface area contributed by atoms with Crippen molar-refractivity contribution in [2.24, 2.45) is 0 Å². The van der Waals surface area contributed by atoms with Crippen LogP contribution in [0.1, 0.15) is 41.6 Å². The third-order valence-corrected chi connectivity index (χ3v) is 5.00. The molecular weight excluding hydrogens is 338 g/mol. The minimum absolute atomic E-state index is 0.0792. The van der Waals surface area contributed by atoms with Gasteiger partial charge in [0.2, 0.25) is 5.91 Å². The van der Waals surface area contributed by atoms with Crippen LogP contribution in [0.25, 0.3) is 0 Å². The number of hydrogen-bond donors (Lipinski definition) is 2. The Hall–Kier alpha value is -2.66. The summed E-state index contributed by atoms with van der Waals surface area (Å²) in [7, 11) is 0. The van der Waals surface area contributed by atoms with Crippen molar-refractivity contribution in [1.29, 1.82) is 0 Å². The first-order valence-electron chi connectivity index (χ1n) is 9.67. The molecule has 2 amide bonds. The van der Waals surface area contributed by atoms with Crippen molar-refractivity contribution < 1.29 is 9.59 Å². The molecule has 0 heterocycles. The molecule has 2 fully saturated rings. The zero-order valence-corrected chi connectivity index (χ0v) is 15.4. The van der Waals surface area contributed by atoms with Crippen LogP contribution < -0.4 is 10.6 Å². The molecule has 140 valence electrons. The van der Waals surface area contributed by atoms with E-state index in [-0.39, 0.29) is 17.9 Å². The molecule has 27 heavy (non-hydrogen) atoms. The molecule has 2 saturated carbocycles. The van der Waals surface area contributed by atoms with E-state index >= 15 is 0 Å². The molecule has 5 nitrogen and oxygen atoms in total. The second-order valence-electron chi connectivity index (χ2n) is 7.46. The number of benzene rings is 2. The Bertz CT molecular complexity index is 813. The number of amides is 2. The molecule has 2 aromatic rings. The number of carbonyl (C=O) groups excluding carboxylic acids is 2. The topological polar surface area (TPSA) is 61.4 Å². The number of nitrogens with one attached hydrogen (secondary N) is 2. The molecular formula is C22H25N3O2. The molecule has 0 spiro atoms. The number of hydrogen-bond acceptors (Lipinski definition) is 3. The summed E-state index contributed by atoms with van der Waals surface area (Å²) in [6.45, 7) is 1.10. The van der Waals surface area contributed by atoms with Crippen molar-refractivity contribution in [2.45, 2.75) is 44.3 Å². The lowest BCUT2D eigenvalue weighted by molar-refractivity contribution is -0.117. The highest BCUT2D eigenvalue weighted by molar-refractivity contribution is 6.04. The number of para-hydroxylation sites is 1. The Labute approximate surface area is 159 Å². The molecule has 0 aliphatic heterocycles. The SMILES string of the molecule is O=C(CN(Cc1ccccc1)C1CC1)Nc1ccccc1C(=O)NC1CC1. The molecule has 0 aromatic heterocycles. The largest absolute Gasteiger partial charge is 0.349 e. The molecule has 0 radical (unpaired) electrons. The second kappa shape index (κ2) is 7.92. The normalized spacial score (nSPS) is 16.2. The van der Waals surface area contributed by atoms with Crippen molar-refractivity contribution in [1.82, 2.24) is 10.2 Å². The summed E-state index contributed by atoms with van der Waals surface area (Å²) >= 11 is 0. The van der Waals surface area contributed by atoms with Gasteiger partial charge in [-0.15, -0.1) is 0 Å². The maximum atomic E-state index is 12.7. The van der Waals surface area contributed by atoms with E-state index in [1.54, 1.807) is 12.1 Å². The van der Waals surface area contributed by atoms with Crippen LogP contribution in [0.5, 0.6) is 0 Å². The van der Waals surface area contributed by atoms with Crippen molar-refractivity contribution in [3.05, 3.63) is 65.7 Å². The molecule has 0 bridgehead atoms. The second-order valence-corrected chi connectivity index (χ2v) is 7.46. The highest BCUT2D eigenvalue weighted by Gasteiger charge is 2.30. The van der Waals surface area contributed by atoms with Crippen LogP contribution in [-0.2, 0) is 11.3 Å². The smallest absolute Gasteiger partial charge is 0.253 e. The average Bonchev–Trinajstić information content (AvgIpc) is 3.56. The van der Waals surface area contributed by atoms with Gasteiger partial charge in [0.25, 0.3) is 5.91 Å². The summed E-state index contributed by atoms with van der Waals surface area (Å²) in [5.74, 6) is -0.193. The zero-order chi connectivity index (χ0) is 18.6. The third kappa shape index (κ3) is 4.95. The Balaban J connectivity index is 1.40. The molecule has 4 rings (SSSR count). The monoisotopic (exact) mass is 363 g/mol. The first-order valence-corrected chi connectivity index (χ1v) is 9.67. The Morgan fingerprint density at radius 1 is 0.926 bits per heavy atom. The predicted octanol–water partition coefficient (Wildman–Crippen LogP) is 3.18. The number of rotatable bonds is 8. The van der Waals surface area contributed by atoms with E-state index in [2.05, 4.69) is 27.7 Å². The first kappa shape index (κ1) is 17.7. The van der Waals surface area contributed by atoms with Gasteiger partial charge < -0.3 is 10.6 Å². The number of anilines is 1. The molecule has 0 unspecified atom stereocenters. The van der Waals surface area contributed by atoms with Gasteiger partial charge in [-0.1, -0.05) is 42.5 Å². The van der Waals surface area contributed by atoms with E-state index in [0.717, 1.165) is 32.2 Å². The van der Waals surface area contributed by atoms with Crippen molar-refractivity contribution in [3.8, 4) is 0 Å². The molecule has 5 heteroatoms. The van der Waals surface area contributed by atoms with E-state index in [9.17, 15) is 9.59 Å². The van der Waals surface area contributed by atoms with Crippen molar-refractivity contribution in [2.75, 3.05) is 11.9 Å². The van der Waals surface area contributed by atoms with Crippen LogP contribution in [0.3, 0.4) is 0 Å². The lowest BCUT2D eigenvalue weighted by Crippen LogP contribution is -2.35. The maximum absolute atomic E-state index is 12.7. The predicted molar refractivity (Wildman–Crippen MR) is 105 cm³/mol. The van der Waals surface area contributed by atoms with E-state index in [1.165, 1.54) is 5.56 Å². The van der Waals surface area contributed by atoms with Gasteiger partial charge in [0.1, 0.15) is 0 Å². The number of nitrogens with zero attached hydrogens (tertiary/aromatic N) is 1. The van der Waals surface area contributed by atoms with Gasteiger partial charge in [0.15, 0.2) is 0 Å². The summed E-state index contributed by atoms with van der Waals surface area (Å²) in [6.07, 6.45) is 4.35. The average molecular weight is 363 g/mol. The van der Waals surface area contributed by atoms with E-state index in [0.29, 0.717) is 23.8 Å². The summed E-state index contributed by atoms with van der Waals surface area (Å²) in [5.41, 5.74) is 2.32. The Morgan fingerprint density at radius 3 is 2.33 bits per heavy atom. The summed E-state index contributed by atoms with van der Waals surface area (Å²) in [6, 6.07) is 18.2. The Kier molecular flexibility index (Phi) is 5.21. The quantitative estimate of drug-likeness (QED) is 0.757. The highest BCUT2D eigenvalue weighted by Crippen LogP contribution is 2.28.